The third-order valence-electron chi connectivity index (χ3n) is 6.69. The second-order valence-electron chi connectivity index (χ2n) is 9.53. The van der Waals surface area contributed by atoms with Crippen LogP contribution in [0, 0.1) is 11.7 Å². The van der Waals surface area contributed by atoms with Crippen molar-refractivity contribution in [2.75, 3.05) is 26.5 Å². The molecule has 1 saturated heterocycles. The van der Waals surface area contributed by atoms with Crippen LogP contribution < -0.4 is 19.5 Å². The molecule has 0 bridgehead atoms. The van der Waals surface area contributed by atoms with Crippen molar-refractivity contribution in [3.05, 3.63) is 77.6 Å². The van der Waals surface area contributed by atoms with Gasteiger partial charge in [-0.15, -0.1) is 0 Å². The summed E-state index contributed by atoms with van der Waals surface area (Å²) in [6, 6.07) is 18.4. The predicted octanol–water partition coefficient (Wildman–Crippen LogP) is 5.15. The smallest absolute Gasteiger partial charge is 0.258 e. The number of hydrogen-bond acceptors (Lipinski definition) is 5. The SMILES string of the molecule is C[C@@H]1CCCN(Cc2cc(-c3ccc4c(c3)OCO4)ccc2OCC(=O)NCc2ccccc2F)C1. The van der Waals surface area contributed by atoms with Crippen LogP contribution in [-0.4, -0.2) is 37.3 Å². The summed E-state index contributed by atoms with van der Waals surface area (Å²) in [5.41, 5.74) is 3.55. The van der Waals surface area contributed by atoms with Gasteiger partial charge in [0.25, 0.3) is 5.91 Å². The molecule has 188 valence electrons. The van der Waals surface area contributed by atoms with Crippen LogP contribution in [0.4, 0.5) is 4.39 Å². The lowest BCUT2D eigenvalue weighted by molar-refractivity contribution is -0.123. The Kier molecular flexibility index (Phi) is 7.37. The highest BCUT2D eigenvalue weighted by atomic mass is 19.1. The van der Waals surface area contributed by atoms with Crippen molar-refractivity contribution in [3.8, 4) is 28.4 Å². The highest BCUT2D eigenvalue weighted by Gasteiger charge is 2.20. The number of nitrogens with one attached hydrogen (secondary N) is 1. The van der Waals surface area contributed by atoms with Crippen molar-refractivity contribution in [1.29, 1.82) is 0 Å². The molecule has 2 aliphatic heterocycles. The van der Waals surface area contributed by atoms with E-state index in [1.54, 1.807) is 18.2 Å². The normalized spacial score (nSPS) is 17.1. The zero-order valence-corrected chi connectivity index (χ0v) is 20.5. The number of carbonyl (C=O) groups is 1. The van der Waals surface area contributed by atoms with Crippen molar-refractivity contribution in [1.82, 2.24) is 10.2 Å². The molecule has 2 heterocycles. The van der Waals surface area contributed by atoms with Gasteiger partial charge in [0.15, 0.2) is 18.1 Å². The monoisotopic (exact) mass is 490 g/mol. The standard InChI is InChI=1S/C29H31FN2O4/c1-20-5-4-12-32(16-20)17-24-13-21(22-9-11-27-28(14-22)36-19-35-27)8-10-26(24)34-18-29(33)31-15-23-6-2-3-7-25(23)30/h2-3,6-11,13-14,20H,4-5,12,15-19H2,1H3,(H,31,33)/t20-/m1/s1. The zero-order chi connectivity index (χ0) is 24.9. The van der Waals surface area contributed by atoms with Crippen LogP contribution in [0.1, 0.15) is 30.9 Å². The Morgan fingerprint density at radius 2 is 1.86 bits per heavy atom. The number of halogens is 1. The molecule has 6 nitrogen and oxygen atoms in total. The lowest BCUT2D eigenvalue weighted by Crippen LogP contribution is -2.34. The molecule has 1 amide bonds. The number of nitrogens with zero attached hydrogens (tertiary/aromatic N) is 1. The molecule has 7 heteroatoms. The molecule has 3 aromatic rings. The number of piperidine rings is 1. The van der Waals surface area contributed by atoms with Crippen LogP contribution in [0.2, 0.25) is 0 Å². The summed E-state index contributed by atoms with van der Waals surface area (Å²) >= 11 is 0. The van der Waals surface area contributed by atoms with Crippen LogP contribution in [0.3, 0.4) is 0 Å². The quantitative estimate of drug-likeness (QED) is 0.473. The lowest BCUT2D eigenvalue weighted by Gasteiger charge is -2.31. The summed E-state index contributed by atoms with van der Waals surface area (Å²) in [7, 11) is 0. The molecule has 1 fully saturated rings. The maximum Gasteiger partial charge on any atom is 0.258 e. The van der Waals surface area contributed by atoms with E-state index in [2.05, 4.69) is 23.2 Å². The minimum absolute atomic E-state index is 0.121. The Bertz CT molecular complexity index is 1230. The van der Waals surface area contributed by atoms with Crippen LogP contribution in [0.5, 0.6) is 17.2 Å². The Balaban J connectivity index is 1.31. The molecule has 36 heavy (non-hydrogen) atoms. The number of rotatable bonds is 8. The molecule has 0 spiro atoms. The predicted molar refractivity (Wildman–Crippen MR) is 135 cm³/mol. The largest absolute Gasteiger partial charge is 0.483 e. The number of likely N-dealkylation sites (tertiary alicyclic amines) is 1. The van der Waals surface area contributed by atoms with E-state index in [0.29, 0.717) is 17.2 Å². The lowest BCUT2D eigenvalue weighted by atomic mass is 9.98. The molecular formula is C29H31FN2O4. The van der Waals surface area contributed by atoms with Crippen LogP contribution >= 0.6 is 0 Å². The van der Waals surface area contributed by atoms with E-state index in [0.717, 1.165) is 47.8 Å². The summed E-state index contributed by atoms with van der Waals surface area (Å²) in [6.07, 6.45) is 2.43. The van der Waals surface area contributed by atoms with Crippen LogP contribution in [0.25, 0.3) is 11.1 Å². The number of benzene rings is 3. The number of fused-ring (bicyclic) bond motifs is 1. The first-order valence-electron chi connectivity index (χ1n) is 12.4. The third kappa shape index (κ3) is 5.79. The van der Waals surface area contributed by atoms with Gasteiger partial charge < -0.3 is 19.5 Å². The molecule has 0 radical (unpaired) electrons. The Hall–Kier alpha value is -3.58. The molecular weight excluding hydrogens is 459 g/mol. The van der Waals surface area contributed by atoms with Crippen LogP contribution in [-0.2, 0) is 17.9 Å². The van der Waals surface area contributed by atoms with Crippen molar-refractivity contribution >= 4 is 5.91 Å². The highest BCUT2D eigenvalue weighted by Crippen LogP contribution is 2.37. The fraction of sp³-hybridized carbons (Fsp3) is 0.345. The number of hydrogen-bond donors (Lipinski definition) is 1. The molecule has 2 aliphatic rings. The first kappa shape index (κ1) is 24.1. The maximum atomic E-state index is 13.8. The van der Waals surface area contributed by atoms with E-state index >= 15 is 0 Å². The first-order chi connectivity index (χ1) is 17.5. The van der Waals surface area contributed by atoms with Crippen LogP contribution in [0.15, 0.2) is 60.7 Å². The minimum atomic E-state index is -0.337. The van der Waals surface area contributed by atoms with Crippen molar-refractivity contribution in [2.45, 2.75) is 32.9 Å². The van der Waals surface area contributed by atoms with E-state index in [4.69, 9.17) is 14.2 Å². The summed E-state index contributed by atoms with van der Waals surface area (Å²) in [5, 5.41) is 2.74. The number of ether oxygens (including phenoxy) is 3. The van der Waals surface area contributed by atoms with Gasteiger partial charge in [-0.25, -0.2) is 4.39 Å². The van der Waals surface area contributed by atoms with Gasteiger partial charge in [-0.1, -0.05) is 37.3 Å². The zero-order valence-electron chi connectivity index (χ0n) is 20.5. The molecule has 1 atom stereocenters. The number of amides is 1. The van der Waals surface area contributed by atoms with E-state index in [1.165, 1.54) is 18.9 Å². The molecule has 3 aromatic carbocycles. The summed E-state index contributed by atoms with van der Waals surface area (Å²) in [4.78, 5) is 14.9. The van der Waals surface area contributed by atoms with Gasteiger partial charge in [0.1, 0.15) is 11.6 Å². The third-order valence-corrected chi connectivity index (χ3v) is 6.69. The Morgan fingerprint density at radius 3 is 2.72 bits per heavy atom. The van der Waals surface area contributed by atoms with E-state index in [9.17, 15) is 9.18 Å². The maximum absolute atomic E-state index is 13.8. The van der Waals surface area contributed by atoms with Gasteiger partial charge in [-0.05, 0) is 66.8 Å². The molecule has 5 rings (SSSR count). The van der Waals surface area contributed by atoms with Gasteiger partial charge in [-0.2, -0.15) is 0 Å². The summed E-state index contributed by atoms with van der Waals surface area (Å²) in [6.45, 7) is 5.33. The van der Waals surface area contributed by atoms with Gasteiger partial charge in [-0.3, -0.25) is 9.69 Å². The van der Waals surface area contributed by atoms with Gasteiger partial charge in [0.05, 0.1) is 0 Å². The average Bonchev–Trinajstić information content (AvgIpc) is 3.35. The van der Waals surface area contributed by atoms with Crippen molar-refractivity contribution in [3.63, 3.8) is 0 Å². The van der Waals surface area contributed by atoms with E-state index < -0.39 is 0 Å². The first-order valence-corrected chi connectivity index (χ1v) is 12.4. The minimum Gasteiger partial charge on any atom is -0.483 e. The topological polar surface area (TPSA) is 60.0 Å². The second-order valence-corrected chi connectivity index (χ2v) is 9.53. The molecule has 1 N–H and O–H groups in total. The number of carbonyl (C=O) groups excluding carboxylic acids is 1. The highest BCUT2D eigenvalue weighted by molar-refractivity contribution is 5.77. The van der Waals surface area contributed by atoms with Crippen molar-refractivity contribution in [2.24, 2.45) is 5.92 Å². The van der Waals surface area contributed by atoms with Crippen molar-refractivity contribution < 1.29 is 23.4 Å². The summed E-state index contributed by atoms with van der Waals surface area (Å²) in [5.74, 6) is 2.20. The average molecular weight is 491 g/mol. The van der Waals surface area contributed by atoms with Gasteiger partial charge >= 0.3 is 0 Å². The molecule has 0 aliphatic carbocycles. The molecule has 0 saturated carbocycles. The Morgan fingerprint density at radius 1 is 1.06 bits per heavy atom. The second kappa shape index (κ2) is 11.0. The van der Waals surface area contributed by atoms with E-state index in [1.807, 2.05) is 30.3 Å². The molecule has 0 unspecified atom stereocenters. The fourth-order valence-electron chi connectivity index (χ4n) is 4.80. The summed E-state index contributed by atoms with van der Waals surface area (Å²) < 4.78 is 30.8. The van der Waals surface area contributed by atoms with Gasteiger partial charge in [0.2, 0.25) is 6.79 Å². The van der Waals surface area contributed by atoms with E-state index in [-0.39, 0.29) is 31.7 Å². The Labute approximate surface area is 211 Å². The fourth-order valence-corrected chi connectivity index (χ4v) is 4.80. The molecule has 0 aromatic heterocycles. The van der Waals surface area contributed by atoms with Gasteiger partial charge in [0, 0.05) is 30.8 Å².